The average molecular weight is 286 g/mol. The summed E-state index contributed by atoms with van der Waals surface area (Å²) >= 11 is 0. The lowest BCUT2D eigenvalue weighted by atomic mass is 9.91. The third kappa shape index (κ3) is 1.67. The Morgan fingerprint density at radius 1 is 1.33 bits per heavy atom. The topological polar surface area (TPSA) is 71.3 Å². The maximum Gasteiger partial charge on any atom is 0.259 e. The largest absolute Gasteiger partial charge is 0.365 e. The molecule has 0 aliphatic carbocycles. The number of hydrogen-bond donors (Lipinski definition) is 2. The van der Waals surface area contributed by atoms with Gasteiger partial charge in [0.1, 0.15) is 5.56 Å². The molecule has 2 atom stereocenters. The number of benzene rings is 1. The molecule has 0 saturated carbocycles. The van der Waals surface area contributed by atoms with Gasteiger partial charge in [0, 0.05) is 18.4 Å². The maximum absolute atomic E-state index is 12.6. The molecule has 5 nitrogen and oxygen atoms in total. The van der Waals surface area contributed by atoms with Gasteiger partial charge in [0.25, 0.3) is 5.91 Å². The SMILES string of the molecule is CCC(C)C1(O)NC(=O)c2c1n(C)c1ccccc1c2=O. The van der Waals surface area contributed by atoms with Crippen molar-refractivity contribution in [3.8, 4) is 0 Å². The fourth-order valence-electron chi connectivity index (χ4n) is 3.09. The molecule has 1 aromatic carbocycles. The van der Waals surface area contributed by atoms with Gasteiger partial charge < -0.3 is 15.0 Å². The highest BCUT2D eigenvalue weighted by Crippen LogP contribution is 2.36. The fraction of sp³-hybridized carbons (Fsp3) is 0.375. The standard InChI is InChI=1S/C16H18N2O3/c1-4-9(2)16(21)14-12(15(20)17-16)13(19)10-7-5-6-8-11(10)18(14)3/h5-9,21H,4H2,1-3H3,(H,17,20). The first-order valence-corrected chi connectivity index (χ1v) is 7.09. The van der Waals surface area contributed by atoms with Crippen molar-refractivity contribution in [3.63, 3.8) is 0 Å². The summed E-state index contributed by atoms with van der Waals surface area (Å²) in [7, 11) is 1.77. The summed E-state index contributed by atoms with van der Waals surface area (Å²) in [5.41, 5.74) is -0.696. The lowest BCUT2D eigenvalue weighted by Crippen LogP contribution is -2.45. The number of fused-ring (bicyclic) bond motifs is 2. The number of aryl methyl sites for hydroxylation is 1. The van der Waals surface area contributed by atoms with E-state index in [1.54, 1.807) is 23.7 Å². The van der Waals surface area contributed by atoms with Gasteiger partial charge in [-0.2, -0.15) is 0 Å². The van der Waals surface area contributed by atoms with E-state index in [0.29, 0.717) is 23.0 Å². The van der Waals surface area contributed by atoms with Crippen molar-refractivity contribution in [3.05, 3.63) is 45.7 Å². The third-order valence-corrected chi connectivity index (χ3v) is 4.53. The second-order valence-electron chi connectivity index (χ2n) is 5.66. The van der Waals surface area contributed by atoms with Gasteiger partial charge >= 0.3 is 0 Å². The van der Waals surface area contributed by atoms with Crippen LogP contribution in [0.15, 0.2) is 29.1 Å². The molecule has 1 aromatic heterocycles. The number of amides is 1. The quantitative estimate of drug-likeness (QED) is 0.878. The van der Waals surface area contributed by atoms with Crippen LogP contribution in [-0.4, -0.2) is 15.6 Å². The van der Waals surface area contributed by atoms with Crippen molar-refractivity contribution in [2.45, 2.75) is 26.0 Å². The Kier molecular flexibility index (Phi) is 2.92. The van der Waals surface area contributed by atoms with Gasteiger partial charge in [-0.1, -0.05) is 26.0 Å². The van der Waals surface area contributed by atoms with Crippen molar-refractivity contribution in [2.24, 2.45) is 13.0 Å². The highest BCUT2D eigenvalue weighted by atomic mass is 16.3. The first kappa shape index (κ1) is 13.8. The monoisotopic (exact) mass is 286 g/mol. The minimum absolute atomic E-state index is 0.0546. The summed E-state index contributed by atoms with van der Waals surface area (Å²) in [4.78, 5) is 24.8. The Morgan fingerprint density at radius 3 is 2.67 bits per heavy atom. The molecule has 3 rings (SSSR count). The van der Waals surface area contributed by atoms with Crippen molar-refractivity contribution in [1.82, 2.24) is 9.88 Å². The lowest BCUT2D eigenvalue weighted by molar-refractivity contribution is -0.0414. The number of pyridine rings is 1. The minimum Gasteiger partial charge on any atom is -0.365 e. The molecule has 2 aromatic rings. The molecule has 0 spiro atoms. The lowest BCUT2D eigenvalue weighted by Gasteiger charge is -2.31. The van der Waals surface area contributed by atoms with Crippen LogP contribution in [0, 0.1) is 5.92 Å². The minimum atomic E-state index is -1.50. The molecule has 1 amide bonds. The normalized spacial score (nSPS) is 22.2. The molecule has 21 heavy (non-hydrogen) atoms. The Balaban J connectivity index is 2.46. The van der Waals surface area contributed by atoms with Crippen molar-refractivity contribution < 1.29 is 9.90 Å². The first-order valence-electron chi connectivity index (χ1n) is 7.09. The van der Waals surface area contributed by atoms with E-state index in [1.165, 1.54) is 0 Å². The van der Waals surface area contributed by atoms with Gasteiger partial charge in [0.05, 0.1) is 11.2 Å². The molecule has 1 aliphatic rings. The first-order chi connectivity index (χ1) is 9.91. The molecule has 0 fully saturated rings. The van der Waals surface area contributed by atoms with Crippen LogP contribution in [-0.2, 0) is 12.8 Å². The van der Waals surface area contributed by atoms with Gasteiger partial charge in [0.15, 0.2) is 5.72 Å². The summed E-state index contributed by atoms with van der Waals surface area (Å²) in [5.74, 6) is -0.700. The average Bonchev–Trinajstić information content (AvgIpc) is 2.76. The molecule has 2 heterocycles. The molecule has 5 heteroatoms. The van der Waals surface area contributed by atoms with Gasteiger partial charge in [-0.3, -0.25) is 9.59 Å². The number of hydrogen-bond acceptors (Lipinski definition) is 3. The maximum atomic E-state index is 12.6. The van der Waals surface area contributed by atoms with Crippen molar-refractivity contribution >= 4 is 16.8 Å². The summed E-state index contributed by atoms with van der Waals surface area (Å²) in [5, 5.41) is 14.0. The van der Waals surface area contributed by atoms with E-state index in [0.717, 1.165) is 0 Å². The van der Waals surface area contributed by atoms with Crippen LogP contribution >= 0.6 is 0 Å². The number of rotatable bonds is 2. The number of aromatic nitrogens is 1. The van der Waals surface area contributed by atoms with Gasteiger partial charge in [0.2, 0.25) is 5.43 Å². The zero-order chi connectivity index (χ0) is 15.4. The Bertz CT molecular complexity index is 809. The van der Waals surface area contributed by atoms with E-state index in [-0.39, 0.29) is 16.9 Å². The van der Waals surface area contributed by atoms with Crippen molar-refractivity contribution in [2.75, 3.05) is 0 Å². The van der Waals surface area contributed by atoms with Gasteiger partial charge in [-0.15, -0.1) is 0 Å². The van der Waals surface area contributed by atoms with Crippen LogP contribution in [0.5, 0.6) is 0 Å². The summed E-state index contributed by atoms with van der Waals surface area (Å²) in [6.07, 6.45) is 0.678. The van der Waals surface area contributed by atoms with Crippen molar-refractivity contribution in [1.29, 1.82) is 0 Å². The zero-order valence-corrected chi connectivity index (χ0v) is 12.3. The summed E-state index contributed by atoms with van der Waals surface area (Å²) in [6.45, 7) is 3.79. The Morgan fingerprint density at radius 2 is 2.00 bits per heavy atom. The van der Waals surface area contributed by atoms with E-state index in [9.17, 15) is 14.7 Å². The van der Waals surface area contributed by atoms with E-state index < -0.39 is 11.6 Å². The van der Waals surface area contributed by atoms with Crippen LogP contribution in [0.2, 0.25) is 0 Å². The number of para-hydroxylation sites is 1. The van der Waals surface area contributed by atoms with E-state index >= 15 is 0 Å². The Hall–Kier alpha value is -2.14. The van der Waals surface area contributed by atoms with E-state index in [2.05, 4.69) is 5.32 Å². The van der Waals surface area contributed by atoms with Gasteiger partial charge in [-0.05, 0) is 18.6 Å². The highest BCUT2D eigenvalue weighted by molar-refractivity contribution is 6.02. The molecule has 2 N–H and O–H groups in total. The number of aliphatic hydroxyl groups is 1. The fourth-order valence-corrected chi connectivity index (χ4v) is 3.09. The van der Waals surface area contributed by atoms with Crippen LogP contribution in [0.1, 0.15) is 36.3 Å². The zero-order valence-electron chi connectivity index (χ0n) is 12.3. The van der Waals surface area contributed by atoms with Crippen LogP contribution in [0.4, 0.5) is 0 Å². The van der Waals surface area contributed by atoms with Crippen LogP contribution in [0.3, 0.4) is 0 Å². The smallest absolute Gasteiger partial charge is 0.259 e. The molecule has 0 saturated heterocycles. The number of carbonyl (C=O) groups excluding carboxylic acids is 1. The molecular weight excluding hydrogens is 268 g/mol. The second kappa shape index (κ2) is 4.43. The van der Waals surface area contributed by atoms with E-state index in [1.807, 2.05) is 26.0 Å². The van der Waals surface area contributed by atoms with Gasteiger partial charge in [-0.25, -0.2) is 0 Å². The van der Waals surface area contributed by atoms with Crippen LogP contribution in [0.25, 0.3) is 10.9 Å². The number of nitrogens with zero attached hydrogens (tertiary/aromatic N) is 1. The van der Waals surface area contributed by atoms with E-state index in [4.69, 9.17) is 0 Å². The molecule has 0 radical (unpaired) electrons. The predicted octanol–water partition coefficient (Wildman–Crippen LogP) is 1.47. The second-order valence-corrected chi connectivity index (χ2v) is 5.66. The molecule has 1 aliphatic heterocycles. The number of nitrogens with one attached hydrogen (secondary N) is 1. The molecular formula is C16H18N2O3. The summed E-state index contributed by atoms with van der Waals surface area (Å²) < 4.78 is 1.75. The molecule has 110 valence electrons. The third-order valence-electron chi connectivity index (χ3n) is 4.53. The number of carbonyl (C=O) groups is 1. The predicted molar refractivity (Wildman–Crippen MR) is 80.0 cm³/mol. The molecule has 2 unspecified atom stereocenters. The Labute approximate surface area is 122 Å². The highest BCUT2D eigenvalue weighted by Gasteiger charge is 2.48. The van der Waals surface area contributed by atoms with Crippen LogP contribution < -0.4 is 10.7 Å². The molecule has 0 bridgehead atoms. The summed E-state index contributed by atoms with van der Waals surface area (Å²) in [6, 6.07) is 7.12.